The molecule has 0 unspecified atom stereocenters. The summed E-state index contributed by atoms with van der Waals surface area (Å²) in [7, 11) is 0. The Labute approximate surface area is 373 Å². The summed E-state index contributed by atoms with van der Waals surface area (Å²) in [6.07, 6.45) is 0. The molecule has 0 aliphatic rings. The fourth-order valence-electron chi connectivity index (χ4n) is 3.71. The third kappa shape index (κ3) is 33.2. The average Bonchev–Trinajstić information content (AvgIpc) is 3.10. The first-order chi connectivity index (χ1) is 25.9. The van der Waals surface area contributed by atoms with Crippen molar-refractivity contribution in [3.63, 3.8) is 0 Å². The highest BCUT2D eigenvalue weighted by molar-refractivity contribution is 7.81. The molecular weight excluding hydrogens is 886 g/mol. The van der Waals surface area contributed by atoms with Gasteiger partial charge < -0.3 is 26.6 Å². The van der Waals surface area contributed by atoms with E-state index in [9.17, 15) is 24.0 Å². The van der Waals surface area contributed by atoms with Crippen LogP contribution in [0.5, 0.6) is 0 Å². The Hall–Kier alpha value is -5.80. The van der Waals surface area contributed by atoms with Crippen molar-refractivity contribution in [1.29, 1.82) is 0 Å². The van der Waals surface area contributed by atoms with Gasteiger partial charge in [-0.2, -0.15) is 0 Å². The van der Waals surface area contributed by atoms with Crippen molar-refractivity contribution in [3.8, 4) is 0 Å². The Balaban J connectivity index is -0.000000206. The summed E-state index contributed by atoms with van der Waals surface area (Å²) >= 11 is 24.4. The standard InChI is InChI=1S/5C8H8NOS.5FH/c5*1-6(10)9-7-2-4-8(11)5-3-7;;;;;/h5*2-5H,1H3,(H,9,10);5*1H. The molecule has 5 aromatic rings. The zero-order valence-electron chi connectivity index (χ0n) is 32.7. The molecule has 5 N–H and O–H groups in total. The second-order valence-corrected chi connectivity index (χ2v) is 13.4. The normalized spacial score (nSPS) is 8.42. The van der Waals surface area contributed by atoms with Gasteiger partial charge in [-0.25, -0.2) is 0 Å². The lowest BCUT2D eigenvalue weighted by Gasteiger charge is -1.99. The Bertz CT molecular complexity index is 1640. The largest absolute Gasteiger partial charge is 0.326 e. The predicted molar refractivity (Wildman–Crippen MR) is 246 cm³/mol. The van der Waals surface area contributed by atoms with E-state index in [2.05, 4.69) is 26.6 Å². The highest BCUT2D eigenvalue weighted by Gasteiger charge is 1.97. The van der Waals surface area contributed by atoms with Crippen LogP contribution in [-0.4, -0.2) is 29.5 Å². The third-order valence-corrected chi connectivity index (χ3v) is 7.23. The number of nitrogens with one attached hydrogen (secondary N) is 5. The maximum absolute atomic E-state index is 10.6. The Morgan fingerprint density at radius 3 is 0.450 bits per heavy atom. The molecule has 0 aromatic heterocycles. The number of amides is 5. The van der Waals surface area contributed by atoms with Gasteiger partial charge in [0.25, 0.3) is 0 Å². The quantitative estimate of drug-likeness (QED) is 0.111. The van der Waals surface area contributed by atoms with Crippen molar-refractivity contribution in [1.82, 2.24) is 0 Å². The molecule has 5 amide bonds. The molecule has 325 valence electrons. The van der Waals surface area contributed by atoms with Crippen LogP contribution in [0.3, 0.4) is 0 Å². The molecule has 60 heavy (non-hydrogen) atoms. The number of benzene rings is 5. The molecule has 5 rings (SSSR count). The fraction of sp³-hybridized carbons (Fsp3) is 0.125. The van der Waals surface area contributed by atoms with E-state index in [1.165, 1.54) is 34.6 Å². The number of carbonyl (C=O) groups excluding carboxylic acids is 5. The molecular formula is C40H45F5N5O5S5. The first kappa shape index (κ1) is 63.4. The summed E-state index contributed by atoms with van der Waals surface area (Å²) in [5.74, 6) is -0.337. The minimum Gasteiger partial charge on any atom is -0.326 e. The van der Waals surface area contributed by atoms with Gasteiger partial charge in [-0.3, -0.25) is 47.5 Å². The maximum Gasteiger partial charge on any atom is 0.221 e. The van der Waals surface area contributed by atoms with Crippen LogP contribution >= 0.6 is 63.1 Å². The van der Waals surface area contributed by atoms with Crippen molar-refractivity contribution in [2.24, 2.45) is 0 Å². The second-order valence-electron chi connectivity index (χ2n) is 11.0. The van der Waals surface area contributed by atoms with Gasteiger partial charge in [-0.1, -0.05) is 63.1 Å². The Morgan fingerprint density at radius 2 is 0.367 bits per heavy atom. The smallest absolute Gasteiger partial charge is 0.221 e. The maximum atomic E-state index is 10.6. The summed E-state index contributed by atoms with van der Waals surface area (Å²) < 4.78 is 0. The first-order valence-electron chi connectivity index (χ1n) is 16.1. The van der Waals surface area contributed by atoms with Gasteiger partial charge in [0, 0.05) is 87.5 Å². The van der Waals surface area contributed by atoms with E-state index >= 15 is 0 Å². The minimum atomic E-state index is -0.0675. The summed E-state index contributed by atoms with van der Waals surface area (Å²) in [6, 6.07) is 35.6. The number of hydrogen-bond donors (Lipinski definition) is 5. The van der Waals surface area contributed by atoms with Gasteiger partial charge >= 0.3 is 0 Å². The zero-order chi connectivity index (χ0) is 41.3. The van der Waals surface area contributed by atoms with Crippen molar-refractivity contribution >= 4 is 121 Å². The van der Waals surface area contributed by atoms with Crippen molar-refractivity contribution < 1.29 is 47.5 Å². The Morgan fingerprint density at radius 1 is 0.267 bits per heavy atom. The van der Waals surface area contributed by atoms with Crippen LogP contribution in [0.1, 0.15) is 34.6 Å². The molecule has 0 fully saturated rings. The topological polar surface area (TPSA) is 146 Å². The van der Waals surface area contributed by atoms with Gasteiger partial charge in [0.05, 0.1) is 0 Å². The molecule has 0 aliphatic carbocycles. The zero-order valence-corrected chi connectivity index (χ0v) is 36.8. The summed E-state index contributed by atoms with van der Waals surface area (Å²) in [5, 5.41) is 13.2. The van der Waals surface area contributed by atoms with E-state index < -0.39 is 0 Å². The van der Waals surface area contributed by atoms with Crippen molar-refractivity contribution in [2.45, 2.75) is 59.1 Å². The van der Waals surface area contributed by atoms with E-state index in [4.69, 9.17) is 63.1 Å². The first-order valence-corrected chi connectivity index (χ1v) is 18.2. The van der Waals surface area contributed by atoms with Crippen LogP contribution < -0.4 is 26.6 Å². The number of rotatable bonds is 5. The van der Waals surface area contributed by atoms with Gasteiger partial charge in [0.1, 0.15) is 0 Å². The van der Waals surface area contributed by atoms with E-state index in [0.717, 1.165) is 52.9 Å². The Kier molecular flexibility index (Phi) is 37.1. The van der Waals surface area contributed by atoms with Crippen LogP contribution in [0, 0.1) is 0 Å². The van der Waals surface area contributed by atoms with Crippen LogP contribution in [-0.2, 0) is 24.0 Å². The van der Waals surface area contributed by atoms with E-state index in [1.54, 1.807) is 121 Å². The molecule has 0 saturated carbocycles. The van der Waals surface area contributed by atoms with Crippen LogP contribution in [0.4, 0.5) is 52.0 Å². The van der Waals surface area contributed by atoms with E-state index in [0.29, 0.717) is 0 Å². The molecule has 10 nitrogen and oxygen atoms in total. The third-order valence-electron chi connectivity index (χ3n) is 5.87. The van der Waals surface area contributed by atoms with Crippen LogP contribution in [0.2, 0.25) is 0 Å². The minimum absolute atomic E-state index is 0. The number of hydrogen-bond acceptors (Lipinski definition) is 5. The van der Waals surface area contributed by atoms with Gasteiger partial charge in [-0.05, 0) is 121 Å². The highest BCUT2D eigenvalue weighted by Crippen LogP contribution is 2.14. The summed E-state index contributed by atoms with van der Waals surface area (Å²) in [6.45, 7) is 7.37. The molecule has 0 bridgehead atoms. The SMILES string of the molecule is CC(=O)Nc1ccc([S])cc1.CC(=O)Nc1ccc([S])cc1.CC(=O)Nc1ccc([S])cc1.CC(=O)Nc1ccc([S])cc1.CC(=O)Nc1ccc([S])cc1.F.F.F.F.F. The van der Waals surface area contributed by atoms with Gasteiger partial charge in [-0.15, -0.1) is 0 Å². The number of carbonyl (C=O) groups is 5. The molecule has 0 saturated heterocycles. The number of anilines is 5. The second kappa shape index (κ2) is 35.2. The molecule has 5 aromatic carbocycles. The molecule has 5 radical (unpaired) electrons. The molecule has 20 heteroatoms. The average molecular weight is 931 g/mol. The summed E-state index contributed by atoms with van der Waals surface area (Å²) in [4.78, 5) is 56.7. The van der Waals surface area contributed by atoms with E-state index in [1.807, 2.05) is 0 Å². The molecule has 0 atom stereocenters. The van der Waals surface area contributed by atoms with E-state index in [-0.39, 0.29) is 53.1 Å². The monoisotopic (exact) mass is 930 g/mol. The molecule has 0 aliphatic heterocycles. The number of halogens is 5. The fourth-order valence-corrected chi connectivity index (χ4v) is 4.39. The van der Waals surface area contributed by atoms with Crippen LogP contribution in [0.25, 0.3) is 0 Å². The molecule has 0 spiro atoms. The van der Waals surface area contributed by atoms with Crippen molar-refractivity contribution in [2.75, 3.05) is 26.6 Å². The van der Waals surface area contributed by atoms with Crippen molar-refractivity contribution in [3.05, 3.63) is 121 Å². The predicted octanol–water partition coefficient (Wildman–Crippen LogP) is 11.8. The van der Waals surface area contributed by atoms with Gasteiger partial charge in [0.15, 0.2) is 0 Å². The lowest BCUT2D eigenvalue weighted by Crippen LogP contribution is -2.04. The molecule has 0 heterocycles. The highest BCUT2D eigenvalue weighted by atomic mass is 32.1. The van der Waals surface area contributed by atoms with Gasteiger partial charge in [0.2, 0.25) is 29.5 Å². The lowest BCUT2D eigenvalue weighted by molar-refractivity contribution is -0.115. The summed E-state index contributed by atoms with van der Waals surface area (Å²) in [5.41, 5.74) is 3.92. The lowest BCUT2D eigenvalue weighted by atomic mass is 10.3. The van der Waals surface area contributed by atoms with Crippen LogP contribution in [0.15, 0.2) is 146 Å².